The third-order valence-corrected chi connectivity index (χ3v) is 12.5. The number of aliphatic hydroxyl groups excluding tert-OH is 2. The second kappa shape index (κ2) is 54.2. The molecule has 1 amide bonds. The summed E-state index contributed by atoms with van der Waals surface area (Å²) >= 11 is 0. The smallest absolute Gasteiger partial charge is 0.305 e. The Morgan fingerprint density at radius 3 is 1.28 bits per heavy atom. The number of carbonyl (C=O) groups excluding carboxylic acids is 2. The van der Waals surface area contributed by atoms with E-state index in [0.29, 0.717) is 19.4 Å². The molecule has 0 heterocycles. The summed E-state index contributed by atoms with van der Waals surface area (Å²) in [5.41, 5.74) is 0. The molecule has 0 aliphatic rings. The molecule has 0 aromatic carbocycles. The van der Waals surface area contributed by atoms with Crippen molar-refractivity contribution in [2.24, 2.45) is 0 Å². The summed E-state index contributed by atoms with van der Waals surface area (Å²) in [7, 11) is 0. The highest BCUT2D eigenvalue weighted by Crippen LogP contribution is 2.15. The first-order valence-electron chi connectivity index (χ1n) is 28.1. The van der Waals surface area contributed by atoms with Gasteiger partial charge in [0.25, 0.3) is 0 Å². The van der Waals surface area contributed by atoms with E-state index in [2.05, 4.69) is 67.8 Å². The molecule has 0 aromatic heterocycles. The van der Waals surface area contributed by atoms with Crippen molar-refractivity contribution in [1.29, 1.82) is 0 Å². The van der Waals surface area contributed by atoms with Crippen LogP contribution in [0.2, 0.25) is 0 Å². The lowest BCUT2D eigenvalue weighted by molar-refractivity contribution is -0.143. The summed E-state index contributed by atoms with van der Waals surface area (Å²) in [4.78, 5) is 24.5. The lowest BCUT2D eigenvalue weighted by Crippen LogP contribution is -2.45. The molecule has 6 nitrogen and oxygen atoms in total. The van der Waals surface area contributed by atoms with Crippen molar-refractivity contribution in [3.05, 3.63) is 60.8 Å². The fourth-order valence-electron chi connectivity index (χ4n) is 8.18. The van der Waals surface area contributed by atoms with Crippen molar-refractivity contribution in [1.82, 2.24) is 5.32 Å². The van der Waals surface area contributed by atoms with Gasteiger partial charge in [-0.05, 0) is 96.3 Å². The average molecular weight is 911 g/mol. The predicted molar refractivity (Wildman–Crippen MR) is 282 cm³/mol. The number of hydrogen-bond donors (Lipinski definition) is 3. The maximum absolute atomic E-state index is 12.4. The molecular weight excluding hydrogens is 803 g/mol. The number of allylic oxidation sites excluding steroid dienone is 9. The van der Waals surface area contributed by atoms with Crippen molar-refractivity contribution in [2.45, 2.75) is 289 Å². The van der Waals surface area contributed by atoms with Crippen molar-refractivity contribution in [3.8, 4) is 0 Å². The van der Waals surface area contributed by atoms with Crippen molar-refractivity contribution >= 4 is 11.9 Å². The van der Waals surface area contributed by atoms with Crippen LogP contribution in [0.4, 0.5) is 0 Å². The van der Waals surface area contributed by atoms with Crippen molar-refractivity contribution in [3.63, 3.8) is 0 Å². The van der Waals surface area contributed by atoms with Crippen molar-refractivity contribution in [2.75, 3.05) is 13.2 Å². The minimum atomic E-state index is -0.861. The molecule has 6 heteroatoms. The largest absolute Gasteiger partial charge is 0.466 e. The van der Waals surface area contributed by atoms with Crippen LogP contribution >= 0.6 is 0 Å². The van der Waals surface area contributed by atoms with Gasteiger partial charge in [-0.15, -0.1) is 0 Å². The fraction of sp³-hybridized carbons (Fsp3) is 0.797. The van der Waals surface area contributed by atoms with E-state index >= 15 is 0 Å². The van der Waals surface area contributed by atoms with E-state index in [9.17, 15) is 19.8 Å². The van der Waals surface area contributed by atoms with Crippen LogP contribution in [0.25, 0.3) is 0 Å². The predicted octanol–water partition coefficient (Wildman–Crippen LogP) is 17.2. The molecule has 0 fully saturated rings. The van der Waals surface area contributed by atoms with Gasteiger partial charge in [0.1, 0.15) is 0 Å². The summed E-state index contributed by atoms with van der Waals surface area (Å²) < 4.78 is 5.44. The molecule has 0 aromatic rings. The number of carbonyl (C=O) groups is 2. The third kappa shape index (κ3) is 50.8. The molecule has 0 saturated carbocycles. The summed E-state index contributed by atoms with van der Waals surface area (Å²) in [6.45, 7) is 4.82. The molecule has 2 unspecified atom stereocenters. The van der Waals surface area contributed by atoms with Gasteiger partial charge in [-0.25, -0.2) is 0 Å². The molecule has 0 saturated heterocycles. The molecule has 65 heavy (non-hydrogen) atoms. The highest BCUT2D eigenvalue weighted by atomic mass is 16.5. The summed E-state index contributed by atoms with van der Waals surface area (Å²) in [5, 5.41) is 23.1. The van der Waals surface area contributed by atoms with Gasteiger partial charge < -0.3 is 20.3 Å². The first-order chi connectivity index (χ1) is 32.0. The number of rotatable bonds is 51. The van der Waals surface area contributed by atoms with Gasteiger partial charge in [-0.3, -0.25) is 9.59 Å². The monoisotopic (exact) mass is 910 g/mol. The van der Waals surface area contributed by atoms with E-state index in [-0.39, 0.29) is 18.5 Å². The number of hydrogen-bond acceptors (Lipinski definition) is 5. The van der Waals surface area contributed by atoms with Crippen LogP contribution in [0.5, 0.6) is 0 Å². The van der Waals surface area contributed by atoms with E-state index in [1.807, 2.05) is 6.08 Å². The molecule has 3 N–H and O–H groups in total. The lowest BCUT2D eigenvalue weighted by atomic mass is 10.0. The van der Waals surface area contributed by atoms with Crippen LogP contribution < -0.4 is 5.32 Å². The minimum absolute atomic E-state index is 0.0371. The van der Waals surface area contributed by atoms with Crippen LogP contribution in [0, 0.1) is 0 Å². The summed E-state index contributed by atoms with van der Waals surface area (Å²) in [6, 6.07) is -0.647. The first-order valence-corrected chi connectivity index (χ1v) is 28.1. The lowest BCUT2D eigenvalue weighted by Gasteiger charge is -2.20. The van der Waals surface area contributed by atoms with Crippen LogP contribution in [0.1, 0.15) is 277 Å². The zero-order valence-electron chi connectivity index (χ0n) is 43.0. The standard InChI is InChI=1S/C59H107NO5/c1-3-5-7-9-11-13-15-17-19-21-23-27-31-35-39-43-47-51-57(62)56(55-61)60-58(63)52-48-44-40-36-32-28-24-22-26-30-34-38-42-46-50-54-65-59(64)53-49-45-41-37-33-29-25-20-18-16-14-12-10-8-6-4-2/h14,16,20,22,25-26,30,34,47,51,56-57,61-62H,3-13,15,17-19,21,23-24,27-29,31-33,35-46,48-50,52-55H2,1-2H3,(H,60,63)/b16-14-,25-20-,26-22-,34-30-,51-47+. The van der Waals surface area contributed by atoms with Gasteiger partial charge in [0.05, 0.1) is 25.4 Å². The molecule has 0 spiro atoms. The molecule has 0 aliphatic heterocycles. The maximum atomic E-state index is 12.4. The Labute approximate surface area is 403 Å². The molecular formula is C59H107NO5. The van der Waals surface area contributed by atoms with Crippen molar-refractivity contribution < 1.29 is 24.5 Å². The zero-order chi connectivity index (χ0) is 47.2. The quantitative estimate of drug-likeness (QED) is 0.0245. The normalized spacial score (nSPS) is 13.1. The third-order valence-electron chi connectivity index (χ3n) is 12.5. The fourth-order valence-corrected chi connectivity index (χ4v) is 8.18. The van der Waals surface area contributed by atoms with E-state index in [1.54, 1.807) is 6.08 Å². The molecule has 0 bridgehead atoms. The Hall–Kier alpha value is -2.44. The van der Waals surface area contributed by atoms with Gasteiger partial charge in [0.2, 0.25) is 5.91 Å². The first kappa shape index (κ1) is 62.6. The maximum Gasteiger partial charge on any atom is 0.305 e. The molecule has 378 valence electrons. The second-order valence-corrected chi connectivity index (χ2v) is 18.9. The molecule has 2 atom stereocenters. The SMILES string of the molecule is CCCCCC/C=C\C/C=C\CCCCCCCC(=O)OCCCCC/C=C\C=C/CCCCCCCCC(=O)NC(CO)C(O)/C=C/CCCCCCCCCCCCCCCCC. The van der Waals surface area contributed by atoms with Gasteiger partial charge in [0, 0.05) is 12.8 Å². The van der Waals surface area contributed by atoms with Gasteiger partial charge >= 0.3 is 5.97 Å². The van der Waals surface area contributed by atoms with Gasteiger partial charge in [-0.1, -0.05) is 229 Å². The number of nitrogens with one attached hydrogen (secondary N) is 1. The molecule has 0 rings (SSSR count). The number of esters is 1. The van der Waals surface area contributed by atoms with E-state index in [1.165, 1.54) is 161 Å². The topological polar surface area (TPSA) is 95.9 Å². The second-order valence-electron chi connectivity index (χ2n) is 18.9. The molecule has 0 radical (unpaired) electrons. The van der Waals surface area contributed by atoms with E-state index in [4.69, 9.17) is 4.74 Å². The Balaban J connectivity index is 3.57. The number of amides is 1. The van der Waals surface area contributed by atoms with E-state index in [0.717, 1.165) is 89.9 Å². The number of aliphatic hydroxyl groups is 2. The Bertz CT molecular complexity index is 1140. The van der Waals surface area contributed by atoms with Crippen LogP contribution in [0.15, 0.2) is 60.8 Å². The Morgan fingerprint density at radius 2 is 0.815 bits per heavy atom. The Kier molecular flexibility index (Phi) is 52.1. The minimum Gasteiger partial charge on any atom is -0.466 e. The number of ether oxygens (including phenoxy) is 1. The Morgan fingerprint density at radius 1 is 0.446 bits per heavy atom. The zero-order valence-corrected chi connectivity index (χ0v) is 43.0. The highest BCUT2D eigenvalue weighted by molar-refractivity contribution is 5.76. The van der Waals surface area contributed by atoms with Gasteiger partial charge in [-0.2, -0.15) is 0 Å². The van der Waals surface area contributed by atoms with Gasteiger partial charge in [0.15, 0.2) is 0 Å². The highest BCUT2D eigenvalue weighted by Gasteiger charge is 2.18. The summed E-state index contributed by atoms with van der Waals surface area (Å²) in [5.74, 6) is -0.129. The summed E-state index contributed by atoms with van der Waals surface area (Å²) in [6.07, 6.45) is 69.4. The van der Waals surface area contributed by atoms with Crippen LogP contribution in [0.3, 0.4) is 0 Å². The van der Waals surface area contributed by atoms with Crippen LogP contribution in [-0.4, -0.2) is 47.4 Å². The average Bonchev–Trinajstić information content (AvgIpc) is 3.31. The van der Waals surface area contributed by atoms with E-state index < -0.39 is 12.1 Å². The molecule has 0 aliphatic carbocycles. The number of unbranched alkanes of at least 4 members (excludes halogenated alkanes) is 33. The van der Waals surface area contributed by atoms with Crippen LogP contribution in [-0.2, 0) is 14.3 Å².